The van der Waals surface area contributed by atoms with Crippen molar-refractivity contribution in [2.45, 2.75) is 33.1 Å². The van der Waals surface area contributed by atoms with Crippen molar-refractivity contribution in [1.82, 2.24) is 0 Å². The predicted molar refractivity (Wildman–Crippen MR) is 135 cm³/mol. The molecule has 1 heterocycles. The standard InChI is InChI=1S/C30H27NO3/c1-18-16-27(32)20(3)14-24(18)30(25-15-21(4)28(33)17-19(25)2)23-12-8-9-13-26(23)31(29(30)34)22-10-6-5-7-11-22/h5-17,32-33H,1-4H3. The van der Waals surface area contributed by atoms with E-state index in [0.717, 1.165) is 39.2 Å². The summed E-state index contributed by atoms with van der Waals surface area (Å²) in [7, 11) is 0. The molecule has 0 fully saturated rings. The lowest BCUT2D eigenvalue weighted by Crippen LogP contribution is -2.41. The largest absolute Gasteiger partial charge is 0.508 e. The van der Waals surface area contributed by atoms with Gasteiger partial charge in [-0.05, 0) is 91.4 Å². The zero-order chi connectivity index (χ0) is 24.2. The second-order valence-corrected chi connectivity index (χ2v) is 9.15. The number of phenolic OH excluding ortho intramolecular Hbond substituents is 2. The zero-order valence-corrected chi connectivity index (χ0v) is 19.8. The predicted octanol–water partition coefficient (Wildman–Crippen LogP) is 6.34. The molecule has 0 unspecified atom stereocenters. The molecule has 4 aromatic rings. The molecule has 1 aliphatic heterocycles. The van der Waals surface area contributed by atoms with Gasteiger partial charge in [0.15, 0.2) is 0 Å². The minimum absolute atomic E-state index is 0.0821. The van der Waals surface area contributed by atoms with Crippen molar-refractivity contribution < 1.29 is 15.0 Å². The summed E-state index contributed by atoms with van der Waals surface area (Å²) in [4.78, 5) is 16.6. The second kappa shape index (κ2) is 7.77. The normalized spacial score (nSPS) is 14.4. The van der Waals surface area contributed by atoms with Crippen LogP contribution in [0.2, 0.25) is 0 Å². The van der Waals surface area contributed by atoms with Crippen molar-refractivity contribution >= 4 is 17.3 Å². The Bertz CT molecular complexity index is 1380. The van der Waals surface area contributed by atoms with Gasteiger partial charge in [0, 0.05) is 11.3 Å². The number of rotatable bonds is 3. The van der Waals surface area contributed by atoms with E-state index in [-0.39, 0.29) is 17.4 Å². The van der Waals surface area contributed by atoms with Crippen molar-refractivity contribution in [1.29, 1.82) is 0 Å². The number of nitrogens with zero attached hydrogens (tertiary/aromatic N) is 1. The number of hydrogen-bond acceptors (Lipinski definition) is 3. The first-order valence-corrected chi connectivity index (χ1v) is 11.4. The Hall–Kier alpha value is -4.05. The first-order chi connectivity index (χ1) is 16.3. The minimum atomic E-state index is -1.14. The number of benzene rings is 4. The van der Waals surface area contributed by atoms with E-state index >= 15 is 0 Å². The number of para-hydroxylation sites is 2. The third kappa shape index (κ3) is 2.95. The molecule has 2 N–H and O–H groups in total. The van der Waals surface area contributed by atoms with Crippen LogP contribution in [0.25, 0.3) is 0 Å². The Labute approximate surface area is 199 Å². The van der Waals surface area contributed by atoms with E-state index < -0.39 is 5.41 Å². The molecule has 0 bridgehead atoms. The average molecular weight is 450 g/mol. The van der Waals surface area contributed by atoms with Gasteiger partial charge in [-0.1, -0.05) is 48.5 Å². The van der Waals surface area contributed by atoms with Crippen molar-refractivity contribution in [3.8, 4) is 11.5 Å². The number of anilines is 2. The topological polar surface area (TPSA) is 60.8 Å². The lowest BCUT2D eigenvalue weighted by Gasteiger charge is -2.33. The summed E-state index contributed by atoms with van der Waals surface area (Å²) < 4.78 is 0. The molecule has 5 rings (SSSR count). The third-order valence-corrected chi connectivity index (χ3v) is 6.98. The summed E-state index contributed by atoms with van der Waals surface area (Å²) in [6, 6.07) is 24.9. The summed E-state index contributed by atoms with van der Waals surface area (Å²) in [5, 5.41) is 20.8. The van der Waals surface area contributed by atoms with Gasteiger partial charge in [-0.2, -0.15) is 0 Å². The molecule has 0 saturated carbocycles. The fourth-order valence-electron chi connectivity index (χ4n) is 5.29. The molecule has 0 spiro atoms. The van der Waals surface area contributed by atoms with Crippen LogP contribution in [0.15, 0.2) is 78.9 Å². The maximum Gasteiger partial charge on any atom is 0.251 e. The maximum absolute atomic E-state index is 14.8. The van der Waals surface area contributed by atoms with E-state index in [9.17, 15) is 15.0 Å². The molecule has 0 aromatic heterocycles. The SMILES string of the molecule is Cc1cc(C2(c3cc(C)c(O)cc3C)C(=O)N(c3ccccc3)c3ccccc32)c(C)cc1O. The number of aromatic hydroxyl groups is 2. The van der Waals surface area contributed by atoms with Crippen LogP contribution in [-0.2, 0) is 10.2 Å². The number of carbonyl (C=O) groups is 1. The highest BCUT2D eigenvalue weighted by Gasteiger charge is 2.55. The van der Waals surface area contributed by atoms with Gasteiger partial charge in [0.25, 0.3) is 5.91 Å². The van der Waals surface area contributed by atoms with E-state index in [1.54, 1.807) is 17.0 Å². The highest BCUT2D eigenvalue weighted by molar-refractivity contribution is 6.17. The lowest BCUT2D eigenvalue weighted by molar-refractivity contribution is -0.120. The average Bonchev–Trinajstić information content (AvgIpc) is 3.08. The highest BCUT2D eigenvalue weighted by atomic mass is 16.3. The Kier molecular flexibility index (Phi) is 4.98. The Balaban J connectivity index is 1.95. The minimum Gasteiger partial charge on any atom is -0.508 e. The van der Waals surface area contributed by atoms with Crippen molar-refractivity contribution in [3.63, 3.8) is 0 Å². The molecular formula is C30H27NO3. The number of fused-ring (bicyclic) bond motifs is 1. The van der Waals surface area contributed by atoms with Crippen LogP contribution >= 0.6 is 0 Å². The van der Waals surface area contributed by atoms with Gasteiger partial charge in [-0.3, -0.25) is 9.69 Å². The molecule has 170 valence electrons. The number of aryl methyl sites for hydroxylation is 4. The number of hydrogen-bond donors (Lipinski definition) is 2. The molecule has 4 heteroatoms. The molecule has 0 saturated heterocycles. The second-order valence-electron chi connectivity index (χ2n) is 9.15. The van der Waals surface area contributed by atoms with Gasteiger partial charge in [-0.15, -0.1) is 0 Å². The summed E-state index contributed by atoms with van der Waals surface area (Å²) in [5.41, 5.74) is 6.07. The summed E-state index contributed by atoms with van der Waals surface area (Å²) in [5.74, 6) is 0.323. The molecule has 0 aliphatic carbocycles. The lowest BCUT2D eigenvalue weighted by atomic mass is 9.67. The smallest absolute Gasteiger partial charge is 0.251 e. The Morgan fingerprint density at radius 3 is 1.68 bits per heavy atom. The molecule has 4 aromatic carbocycles. The first-order valence-electron chi connectivity index (χ1n) is 11.4. The van der Waals surface area contributed by atoms with Gasteiger partial charge in [0.2, 0.25) is 0 Å². The summed E-state index contributed by atoms with van der Waals surface area (Å²) in [6.07, 6.45) is 0. The highest BCUT2D eigenvalue weighted by Crippen LogP contribution is 2.54. The van der Waals surface area contributed by atoms with E-state index in [0.29, 0.717) is 11.1 Å². The van der Waals surface area contributed by atoms with Crippen molar-refractivity contribution in [3.05, 3.63) is 118 Å². The fourth-order valence-corrected chi connectivity index (χ4v) is 5.29. The van der Waals surface area contributed by atoms with Gasteiger partial charge in [-0.25, -0.2) is 0 Å². The zero-order valence-electron chi connectivity index (χ0n) is 19.8. The van der Waals surface area contributed by atoms with Crippen molar-refractivity contribution in [2.24, 2.45) is 0 Å². The van der Waals surface area contributed by atoms with Crippen LogP contribution in [0.3, 0.4) is 0 Å². The van der Waals surface area contributed by atoms with Gasteiger partial charge in [0.05, 0.1) is 5.69 Å². The molecule has 1 amide bonds. The van der Waals surface area contributed by atoms with Crippen molar-refractivity contribution in [2.75, 3.05) is 4.90 Å². The van der Waals surface area contributed by atoms with E-state index in [2.05, 4.69) is 0 Å². The molecule has 0 atom stereocenters. The molecule has 1 aliphatic rings. The molecule has 34 heavy (non-hydrogen) atoms. The molecule has 0 radical (unpaired) electrons. The quantitative estimate of drug-likeness (QED) is 0.383. The number of amides is 1. The van der Waals surface area contributed by atoms with Crippen LogP contribution in [0, 0.1) is 27.7 Å². The third-order valence-electron chi connectivity index (χ3n) is 6.98. The van der Waals surface area contributed by atoms with E-state index in [1.807, 2.05) is 94.4 Å². The monoisotopic (exact) mass is 449 g/mol. The maximum atomic E-state index is 14.8. The van der Waals surface area contributed by atoms with Crippen LogP contribution in [-0.4, -0.2) is 16.1 Å². The molecular weight excluding hydrogens is 422 g/mol. The number of carbonyl (C=O) groups excluding carboxylic acids is 1. The van der Waals surface area contributed by atoms with Gasteiger partial charge >= 0.3 is 0 Å². The van der Waals surface area contributed by atoms with Gasteiger partial charge < -0.3 is 10.2 Å². The fraction of sp³-hybridized carbons (Fsp3) is 0.167. The van der Waals surface area contributed by atoms with Crippen LogP contribution in [0.1, 0.15) is 38.9 Å². The van der Waals surface area contributed by atoms with E-state index in [4.69, 9.17) is 0 Å². The van der Waals surface area contributed by atoms with Crippen LogP contribution < -0.4 is 4.90 Å². The number of phenols is 2. The first kappa shape index (κ1) is 21.8. The Morgan fingerprint density at radius 2 is 1.12 bits per heavy atom. The summed E-state index contributed by atoms with van der Waals surface area (Å²) in [6.45, 7) is 7.56. The van der Waals surface area contributed by atoms with E-state index in [1.165, 1.54) is 0 Å². The summed E-state index contributed by atoms with van der Waals surface area (Å²) >= 11 is 0. The molecule has 4 nitrogen and oxygen atoms in total. The van der Waals surface area contributed by atoms with Gasteiger partial charge in [0.1, 0.15) is 16.9 Å². The Morgan fingerprint density at radius 1 is 0.618 bits per heavy atom. The van der Waals surface area contributed by atoms with Crippen LogP contribution in [0.5, 0.6) is 11.5 Å². The van der Waals surface area contributed by atoms with Crippen LogP contribution in [0.4, 0.5) is 11.4 Å².